The summed E-state index contributed by atoms with van der Waals surface area (Å²) in [5.41, 5.74) is 14.5. The van der Waals surface area contributed by atoms with E-state index in [0.717, 1.165) is 128 Å². The average Bonchev–Trinajstić information content (AvgIpc) is 1.84. The maximum Gasteiger partial charge on any atom is 0.319 e. The van der Waals surface area contributed by atoms with E-state index in [2.05, 4.69) is 241 Å². The van der Waals surface area contributed by atoms with Gasteiger partial charge in [0.15, 0.2) is 5.82 Å². The van der Waals surface area contributed by atoms with Crippen LogP contribution in [0.15, 0.2) is 212 Å². The Labute approximate surface area is 622 Å². The van der Waals surface area contributed by atoms with Crippen LogP contribution in [0.5, 0.6) is 0 Å². The lowest BCUT2D eigenvalue weighted by Gasteiger charge is -2.40. The van der Waals surface area contributed by atoms with Crippen molar-refractivity contribution in [2.45, 2.75) is 109 Å². The largest absolute Gasteiger partial charge is 0.378 e. The first-order chi connectivity index (χ1) is 50.5. The second kappa shape index (κ2) is 38.0. The Balaban J connectivity index is 0.000000200. The number of anilines is 4. The van der Waals surface area contributed by atoms with Crippen molar-refractivity contribution in [3.8, 4) is 11.4 Å². The van der Waals surface area contributed by atoms with Gasteiger partial charge in [0.05, 0.1) is 12.5 Å². The van der Waals surface area contributed by atoms with Gasteiger partial charge in [-0.15, -0.1) is 5.10 Å². The number of likely N-dealkylation sites (tertiary alicyclic amines) is 1. The predicted octanol–water partition coefficient (Wildman–Crippen LogP) is 15.4. The third-order valence-electron chi connectivity index (χ3n) is 21.2. The highest BCUT2D eigenvalue weighted by Crippen LogP contribution is 2.32. The summed E-state index contributed by atoms with van der Waals surface area (Å²) in [6.45, 7) is 22.8. The van der Waals surface area contributed by atoms with E-state index in [-0.39, 0.29) is 39.5 Å². The van der Waals surface area contributed by atoms with Gasteiger partial charge in [-0.05, 0) is 180 Å². The molecule has 1 saturated carbocycles. The van der Waals surface area contributed by atoms with E-state index in [0.29, 0.717) is 42.4 Å². The van der Waals surface area contributed by atoms with E-state index in [1.165, 1.54) is 69.7 Å². The molecule has 4 fully saturated rings. The normalized spacial score (nSPS) is 18.0. The standard InChI is InChI=1S/C30H37N3O.C29H38N4.C28H36FN7O.3H2/c1-30(2,3)26-16-14-25(15-17-26)28(23-31-29(34)22-24-10-6-4-7-11-24)33-20-18-32(19-21-33)27-12-8-5-9-13-27;1-24-9-11-25(12-10-24)17-18-30-23-29(26-13-15-27(16-14-26)31(2)3)33-21-19-32(20-22-33)28-7-5-4-6-8-28;1-35-27(32-33-34-35)22-8-4-9-25(17-22)30-28(37)31-26-10-3-2-7-23(26)19-36-15-5-6-21(18-36)16-20-11-13-24(29)14-12-20;;;/h4-17,28H,18-23H2,1-3H3,(H,31,34);4-16,29-30H,17-23H2,1-3H3;4,8-9,11-14,17,21,23,26H,2-3,5-7,10,15-16,18-19H2,1H3,(H2,30,31,37);3*1H/t;;21-,23-,26+;;;/m..0.../s1. The summed E-state index contributed by atoms with van der Waals surface area (Å²) in [6.07, 6.45) is 9.38. The number of nitrogens with one attached hydrogen (secondary N) is 4. The number of para-hydroxylation sites is 2. The predicted molar refractivity (Wildman–Crippen MR) is 431 cm³/mol. The molecular formula is C87H117FN14O2. The van der Waals surface area contributed by atoms with Gasteiger partial charge < -0.3 is 40.9 Å². The molecule has 17 heteroatoms. The number of rotatable bonds is 23. The summed E-state index contributed by atoms with van der Waals surface area (Å²) in [6, 6.07) is 73.4. The van der Waals surface area contributed by atoms with E-state index in [1.807, 2.05) is 66.7 Å². The molecule has 3 amide bonds. The number of amides is 3. The Morgan fingerprint density at radius 3 is 1.80 bits per heavy atom. The van der Waals surface area contributed by atoms with E-state index < -0.39 is 0 Å². The van der Waals surface area contributed by atoms with Crippen LogP contribution < -0.4 is 36.0 Å². The van der Waals surface area contributed by atoms with Gasteiger partial charge in [-0.3, -0.25) is 14.6 Å². The van der Waals surface area contributed by atoms with Gasteiger partial charge >= 0.3 is 6.03 Å². The number of carbonyl (C=O) groups is 2. The lowest BCUT2D eigenvalue weighted by Crippen LogP contribution is -2.50. The average molecular weight is 1410 g/mol. The molecule has 8 aromatic carbocycles. The topological polar surface area (TPSA) is 145 Å². The minimum absolute atomic E-state index is 0. The van der Waals surface area contributed by atoms with Crippen LogP contribution in [0.25, 0.3) is 11.4 Å². The highest BCUT2D eigenvalue weighted by atomic mass is 19.1. The maximum atomic E-state index is 13.3. The van der Waals surface area contributed by atoms with Crippen LogP contribution >= 0.6 is 0 Å². The molecule has 0 spiro atoms. The molecule has 1 aromatic heterocycles. The third kappa shape index (κ3) is 22.6. The number of aryl methyl sites for hydroxylation is 2. The molecule has 4 N–H and O–H groups in total. The van der Waals surface area contributed by atoms with Gasteiger partial charge in [-0.2, -0.15) is 0 Å². The summed E-state index contributed by atoms with van der Waals surface area (Å²) in [5.74, 6) is 1.58. The fourth-order valence-corrected chi connectivity index (χ4v) is 15.2. The van der Waals surface area contributed by atoms with Gasteiger partial charge in [0, 0.05) is 144 Å². The number of hydrogen-bond acceptors (Lipinski definition) is 12. The van der Waals surface area contributed by atoms with E-state index in [4.69, 9.17) is 0 Å². The Hall–Kier alpha value is -9.26. The summed E-state index contributed by atoms with van der Waals surface area (Å²) in [4.78, 5) is 40.6. The summed E-state index contributed by atoms with van der Waals surface area (Å²) >= 11 is 0. The van der Waals surface area contributed by atoms with Crippen LogP contribution in [0.3, 0.4) is 0 Å². The van der Waals surface area contributed by atoms with Crippen molar-refractivity contribution in [3.05, 3.63) is 257 Å². The number of tetrazole rings is 1. The van der Waals surface area contributed by atoms with Crippen molar-refractivity contribution in [2.24, 2.45) is 18.9 Å². The first kappa shape index (κ1) is 75.9. The maximum absolute atomic E-state index is 13.3. The van der Waals surface area contributed by atoms with Crippen LogP contribution in [0.2, 0.25) is 0 Å². The Kier molecular flexibility index (Phi) is 27.7. The van der Waals surface area contributed by atoms with Gasteiger partial charge in [-0.1, -0.05) is 191 Å². The summed E-state index contributed by atoms with van der Waals surface area (Å²) < 4.78 is 14.9. The first-order valence-electron chi connectivity index (χ1n) is 37.9. The number of benzene rings is 8. The fourth-order valence-electron chi connectivity index (χ4n) is 15.2. The first-order valence-corrected chi connectivity index (χ1v) is 37.9. The number of aromatic nitrogens is 4. The monoisotopic (exact) mass is 1410 g/mol. The second-order valence-electron chi connectivity index (χ2n) is 30.1. The lowest BCUT2D eigenvalue weighted by atomic mass is 9.83. The number of hydrogen-bond donors (Lipinski definition) is 4. The molecule has 4 aliphatic rings. The molecule has 16 nitrogen and oxygen atoms in total. The van der Waals surface area contributed by atoms with Crippen molar-refractivity contribution in [1.29, 1.82) is 0 Å². The Morgan fingerprint density at radius 1 is 0.615 bits per heavy atom. The highest BCUT2D eigenvalue weighted by molar-refractivity contribution is 5.90. The second-order valence-corrected chi connectivity index (χ2v) is 30.1. The number of halogens is 1. The van der Waals surface area contributed by atoms with Crippen molar-refractivity contribution < 1.29 is 18.3 Å². The van der Waals surface area contributed by atoms with Crippen molar-refractivity contribution in [3.63, 3.8) is 0 Å². The minimum atomic E-state index is -0.177. The van der Waals surface area contributed by atoms with E-state index in [1.54, 1.807) is 23.9 Å². The number of piperidine rings is 1. The van der Waals surface area contributed by atoms with E-state index in [9.17, 15) is 14.0 Å². The lowest BCUT2D eigenvalue weighted by molar-refractivity contribution is -0.120. The molecule has 554 valence electrons. The van der Waals surface area contributed by atoms with Crippen molar-refractivity contribution in [2.75, 3.05) is 126 Å². The van der Waals surface area contributed by atoms with Crippen molar-refractivity contribution in [1.82, 2.24) is 50.9 Å². The van der Waals surface area contributed by atoms with Gasteiger partial charge in [-0.25, -0.2) is 13.9 Å². The fraction of sp³-hybridized carbons (Fsp3) is 0.414. The molecule has 0 bridgehead atoms. The van der Waals surface area contributed by atoms with Crippen LogP contribution in [-0.4, -0.2) is 159 Å². The summed E-state index contributed by atoms with van der Waals surface area (Å²) in [5, 5.41) is 24.9. The number of nitrogens with zero attached hydrogens (tertiary/aromatic N) is 10. The molecule has 2 unspecified atom stereocenters. The molecule has 0 radical (unpaired) electrons. The zero-order chi connectivity index (χ0) is 72.6. The zero-order valence-corrected chi connectivity index (χ0v) is 62.5. The highest BCUT2D eigenvalue weighted by Gasteiger charge is 2.32. The van der Waals surface area contributed by atoms with Crippen LogP contribution in [-0.2, 0) is 36.5 Å². The molecular weight excluding hydrogens is 1290 g/mol. The molecule has 5 atom stereocenters. The van der Waals surface area contributed by atoms with Crippen molar-refractivity contribution >= 4 is 34.7 Å². The molecule has 104 heavy (non-hydrogen) atoms. The molecule has 3 saturated heterocycles. The van der Waals surface area contributed by atoms with Crippen LogP contribution in [0.1, 0.15) is 115 Å². The zero-order valence-electron chi connectivity index (χ0n) is 62.5. The molecule has 9 aromatic rings. The smallest absolute Gasteiger partial charge is 0.319 e. The summed E-state index contributed by atoms with van der Waals surface area (Å²) in [7, 11) is 5.99. The Morgan fingerprint density at radius 2 is 1.20 bits per heavy atom. The van der Waals surface area contributed by atoms with E-state index >= 15 is 0 Å². The quantitative estimate of drug-likeness (QED) is 0.0452. The molecule has 4 heterocycles. The third-order valence-corrected chi connectivity index (χ3v) is 21.2. The number of carbonyl (C=O) groups excluding carboxylic acids is 2. The van der Waals surface area contributed by atoms with Gasteiger partial charge in [0.25, 0.3) is 0 Å². The van der Waals surface area contributed by atoms with Gasteiger partial charge in [0.1, 0.15) is 5.82 Å². The molecule has 13 rings (SSSR count). The molecule has 1 aliphatic carbocycles. The van der Waals surface area contributed by atoms with Crippen LogP contribution in [0.4, 0.5) is 31.9 Å². The minimum Gasteiger partial charge on any atom is -0.378 e. The van der Waals surface area contributed by atoms with Crippen LogP contribution in [0, 0.1) is 24.6 Å². The number of urea groups is 1. The number of piperazine rings is 2. The Bertz CT molecular complexity index is 4030. The van der Waals surface area contributed by atoms with Gasteiger partial charge in [0.2, 0.25) is 5.91 Å². The molecule has 3 aliphatic heterocycles. The SMILES string of the molecule is CC(C)(C)c1ccc(C(CNC(=O)Cc2ccccc2)N2CCN(c3ccccc3)CC2)cc1.Cc1ccc(CCNCC(c2ccc(N(C)C)cc2)N2CCN(c3ccccc3)CC2)cc1.Cn1nnnc1-c1cccc(NC(=O)N[C@@H]2CCCC[C@H]2CN2CCC[C@@H](Cc3ccc(F)cc3)C2)c1.[HH].[HH].[HH].